The summed E-state index contributed by atoms with van der Waals surface area (Å²) in [4.78, 5) is 40.7. The summed E-state index contributed by atoms with van der Waals surface area (Å²) in [5.41, 5.74) is 1.70. The van der Waals surface area contributed by atoms with Crippen LogP contribution in [-0.4, -0.2) is 68.5 Å². The maximum Gasteiger partial charge on any atom is 0.416 e. The first-order chi connectivity index (χ1) is 20.0. The van der Waals surface area contributed by atoms with Crippen molar-refractivity contribution in [3.8, 4) is 5.75 Å². The Morgan fingerprint density at radius 3 is 2.26 bits per heavy atom. The van der Waals surface area contributed by atoms with Crippen LogP contribution in [0.25, 0.3) is 12.2 Å². The molecule has 2 aliphatic carbocycles. The van der Waals surface area contributed by atoms with Gasteiger partial charge in [0.25, 0.3) is 5.91 Å². The van der Waals surface area contributed by atoms with E-state index in [0.29, 0.717) is 16.7 Å². The second-order valence-corrected chi connectivity index (χ2v) is 10.9. The Morgan fingerprint density at radius 1 is 1.09 bits per heavy atom. The number of halogens is 3. The highest BCUT2D eigenvalue weighted by atomic mass is 19.4. The number of phenolic OH excluding ortho intramolecular Hbond substituents is 1. The first kappa shape index (κ1) is 31.5. The summed E-state index contributed by atoms with van der Waals surface area (Å²) in [6, 6.07) is 6.16. The highest BCUT2D eigenvalue weighted by Crippen LogP contribution is 2.44. The van der Waals surface area contributed by atoms with Crippen molar-refractivity contribution in [1.29, 1.82) is 0 Å². The normalized spacial score (nSPS) is 24.1. The molecule has 228 valence electrons. The summed E-state index contributed by atoms with van der Waals surface area (Å²) in [5.74, 6) is -6.36. The quantitative estimate of drug-likeness (QED) is 0.143. The number of amides is 1. The standard InChI is InChI=1S/C31H31F3N2O7/c1-4-16-13-19-17(8-5-15-6-10-18(11-7-15)31(32,33)34)9-12-21(37)23(19)26(39)22(16)27(40)30(43)14-20(36(2)3)25(38)24(28(30)41)29(35)42/h5-12,16,20,37-38,40,43H,4,13-14H2,1-3H3,(H2,35,42)/b8-5+,27-22-/t16-,20-,30-/m0/s1. The summed E-state index contributed by atoms with van der Waals surface area (Å²) in [6.45, 7) is 1.71. The number of Topliss-reactive ketones (excluding diaryl/α,β-unsaturated/α-hetero) is 2. The summed E-state index contributed by atoms with van der Waals surface area (Å²) < 4.78 is 38.8. The van der Waals surface area contributed by atoms with E-state index in [1.807, 2.05) is 0 Å². The molecule has 0 bridgehead atoms. The zero-order valence-corrected chi connectivity index (χ0v) is 23.6. The molecular formula is C31H31F3N2O7. The summed E-state index contributed by atoms with van der Waals surface area (Å²) >= 11 is 0. The van der Waals surface area contributed by atoms with Crippen LogP contribution in [0.5, 0.6) is 5.75 Å². The molecule has 12 heteroatoms. The van der Waals surface area contributed by atoms with Crippen LogP contribution in [0.3, 0.4) is 0 Å². The Labute approximate surface area is 245 Å². The van der Waals surface area contributed by atoms with E-state index in [-0.39, 0.29) is 24.0 Å². The number of aliphatic hydroxyl groups is 3. The van der Waals surface area contributed by atoms with Gasteiger partial charge in [0.05, 0.1) is 17.2 Å². The van der Waals surface area contributed by atoms with E-state index in [4.69, 9.17) is 5.73 Å². The van der Waals surface area contributed by atoms with Gasteiger partial charge in [0.15, 0.2) is 11.4 Å². The van der Waals surface area contributed by atoms with Gasteiger partial charge in [-0.1, -0.05) is 37.3 Å². The summed E-state index contributed by atoms with van der Waals surface area (Å²) in [6.07, 6.45) is -1.59. The van der Waals surface area contributed by atoms with Gasteiger partial charge in [-0.15, -0.1) is 0 Å². The number of aliphatic hydroxyl groups excluding tert-OH is 2. The van der Waals surface area contributed by atoms with Crippen LogP contribution in [-0.2, 0) is 22.2 Å². The van der Waals surface area contributed by atoms with Gasteiger partial charge < -0.3 is 26.2 Å². The molecule has 0 aliphatic heterocycles. The molecule has 0 radical (unpaired) electrons. The second kappa shape index (κ2) is 11.3. The second-order valence-electron chi connectivity index (χ2n) is 10.9. The van der Waals surface area contributed by atoms with E-state index < -0.39 is 76.0 Å². The van der Waals surface area contributed by atoms with Gasteiger partial charge in [-0.25, -0.2) is 0 Å². The van der Waals surface area contributed by atoms with E-state index in [1.54, 1.807) is 19.1 Å². The van der Waals surface area contributed by atoms with E-state index in [1.165, 1.54) is 43.3 Å². The number of allylic oxidation sites excluding steroid dienone is 1. The summed E-state index contributed by atoms with van der Waals surface area (Å²) in [7, 11) is 3.02. The van der Waals surface area contributed by atoms with Crippen molar-refractivity contribution in [1.82, 2.24) is 4.90 Å². The molecule has 2 aromatic rings. The molecule has 9 nitrogen and oxygen atoms in total. The van der Waals surface area contributed by atoms with Crippen molar-refractivity contribution < 1.29 is 48.0 Å². The van der Waals surface area contributed by atoms with E-state index in [0.717, 1.165) is 12.1 Å². The third kappa shape index (κ3) is 5.55. The van der Waals surface area contributed by atoms with Crippen LogP contribution in [0, 0.1) is 5.92 Å². The highest BCUT2D eigenvalue weighted by Gasteiger charge is 2.54. The molecule has 0 aromatic heterocycles. The zero-order chi connectivity index (χ0) is 32.0. The van der Waals surface area contributed by atoms with Crippen molar-refractivity contribution in [2.24, 2.45) is 11.7 Å². The molecule has 3 atom stereocenters. The fourth-order valence-corrected chi connectivity index (χ4v) is 5.62. The number of nitrogens with two attached hydrogens (primary N) is 1. The van der Waals surface area contributed by atoms with Crippen molar-refractivity contribution in [3.05, 3.63) is 86.9 Å². The fourth-order valence-electron chi connectivity index (χ4n) is 5.62. The zero-order valence-electron chi connectivity index (χ0n) is 23.6. The number of ketones is 2. The molecule has 2 aliphatic rings. The minimum Gasteiger partial charge on any atom is -0.510 e. The lowest BCUT2D eigenvalue weighted by Gasteiger charge is -2.39. The van der Waals surface area contributed by atoms with Gasteiger partial charge in [0.1, 0.15) is 22.8 Å². The molecule has 0 saturated carbocycles. The van der Waals surface area contributed by atoms with Crippen LogP contribution in [0.15, 0.2) is 59.1 Å². The van der Waals surface area contributed by atoms with Crippen LogP contribution < -0.4 is 5.73 Å². The highest BCUT2D eigenvalue weighted by molar-refractivity contribution is 6.24. The van der Waals surface area contributed by atoms with Gasteiger partial charge in [-0.2, -0.15) is 13.2 Å². The molecule has 0 heterocycles. The number of phenols is 1. The molecule has 0 unspecified atom stereocenters. The lowest BCUT2D eigenvalue weighted by atomic mass is 9.70. The molecule has 0 fully saturated rings. The SMILES string of the molecule is CC[C@H]1Cc2c(/C=C/c3ccc(C(F)(F)F)cc3)ccc(O)c2C(=O)/C1=C(\O)[C@@]1(O)C[C@H](N(C)C)C(O)=C(C(N)=O)C1=O. The minimum atomic E-state index is -4.48. The van der Waals surface area contributed by atoms with Gasteiger partial charge in [-0.3, -0.25) is 19.3 Å². The molecular weight excluding hydrogens is 569 g/mol. The van der Waals surface area contributed by atoms with Crippen LogP contribution in [0.1, 0.15) is 52.4 Å². The molecule has 0 spiro atoms. The average Bonchev–Trinajstić information content (AvgIpc) is 2.93. The molecule has 0 saturated heterocycles. The lowest BCUT2D eigenvalue weighted by Crippen LogP contribution is -2.55. The topological polar surface area (TPSA) is 161 Å². The molecule has 43 heavy (non-hydrogen) atoms. The Hall–Kier alpha value is -4.42. The number of aromatic hydroxyl groups is 1. The van der Waals surface area contributed by atoms with Crippen LogP contribution in [0.2, 0.25) is 0 Å². The number of nitrogens with zero attached hydrogens (tertiary/aromatic N) is 1. The number of hydrogen-bond acceptors (Lipinski definition) is 8. The third-order valence-electron chi connectivity index (χ3n) is 8.02. The molecule has 6 N–H and O–H groups in total. The number of primary amides is 1. The Balaban J connectivity index is 1.81. The van der Waals surface area contributed by atoms with Crippen molar-refractivity contribution >= 4 is 29.6 Å². The van der Waals surface area contributed by atoms with Gasteiger partial charge in [0.2, 0.25) is 5.78 Å². The largest absolute Gasteiger partial charge is 0.510 e. The number of benzene rings is 2. The molecule has 2 aromatic carbocycles. The molecule has 1 amide bonds. The van der Waals surface area contributed by atoms with E-state index in [2.05, 4.69) is 0 Å². The van der Waals surface area contributed by atoms with E-state index >= 15 is 0 Å². The number of carbonyl (C=O) groups is 3. The lowest BCUT2D eigenvalue weighted by molar-refractivity contribution is -0.139. The monoisotopic (exact) mass is 600 g/mol. The van der Waals surface area contributed by atoms with Gasteiger partial charge >= 0.3 is 6.18 Å². The maximum atomic E-state index is 13.9. The van der Waals surface area contributed by atoms with Crippen LogP contribution >= 0.6 is 0 Å². The number of fused-ring (bicyclic) bond motifs is 1. The van der Waals surface area contributed by atoms with E-state index in [9.17, 15) is 48.0 Å². The minimum absolute atomic E-state index is 0.0865. The number of hydrogen-bond donors (Lipinski definition) is 5. The maximum absolute atomic E-state index is 13.9. The van der Waals surface area contributed by atoms with Gasteiger partial charge in [-0.05, 0) is 67.7 Å². The number of carbonyl (C=O) groups excluding carboxylic acids is 3. The number of likely N-dealkylation sites (N-methyl/N-ethyl adjacent to an activating group) is 1. The van der Waals surface area contributed by atoms with Crippen LogP contribution in [0.4, 0.5) is 13.2 Å². The Kier molecular flexibility index (Phi) is 8.31. The predicted octanol–water partition coefficient (Wildman–Crippen LogP) is 4.09. The Morgan fingerprint density at radius 2 is 1.72 bits per heavy atom. The molecule has 4 rings (SSSR count). The number of rotatable bonds is 6. The smallest absolute Gasteiger partial charge is 0.416 e. The predicted molar refractivity (Wildman–Crippen MR) is 151 cm³/mol. The summed E-state index contributed by atoms with van der Waals surface area (Å²) in [5, 5.41) is 44.3. The first-order valence-electron chi connectivity index (χ1n) is 13.4. The third-order valence-corrected chi connectivity index (χ3v) is 8.02. The van der Waals surface area contributed by atoms with Crippen molar-refractivity contribution in [2.45, 2.75) is 44.0 Å². The number of alkyl halides is 3. The Bertz CT molecular complexity index is 1590. The van der Waals surface area contributed by atoms with Crippen molar-refractivity contribution in [3.63, 3.8) is 0 Å². The van der Waals surface area contributed by atoms with Crippen molar-refractivity contribution in [2.75, 3.05) is 14.1 Å². The first-order valence-corrected chi connectivity index (χ1v) is 13.4. The fraction of sp³-hybridized carbons (Fsp3) is 0.323. The average molecular weight is 601 g/mol. The van der Waals surface area contributed by atoms with Gasteiger partial charge in [0, 0.05) is 12.0 Å².